The van der Waals surface area contributed by atoms with E-state index in [9.17, 15) is 0 Å². The maximum absolute atomic E-state index is 6.04. The van der Waals surface area contributed by atoms with Gasteiger partial charge in [0.2, 0.25) is 0 Å². The van der Waals surface area contributed by atoms with Crippen LogP contribution in [0.3, 0.4) is 0 Å². The van der Waals surface area contributed by atoms with Crippen molar-refractivity contribution in [3.63, 3.8) is 0 Å². The van der Waals surface area contributed by atoms with E-state index in [0.717, 1.165) is 13.0 Å². The summed E-state index contributed by atoms with van der Waals surface area (Å²) in [4.78, 5) is 0. The highest BCUT2D eigenvalue weighted by Gasteiger charge is 2.32. The first kappa shape index (κ1) is 9.71. The van der Waals surface area contributed by atoms with Gasteiger partial charge in [-0.25, -0.2) is 0 Å². The van der Waals surface area contributed by atoms with Crippen molar-refractivity contribution in [2.24, 2.45) is 11.7 Å². The zero-order valence-electron chi connectivity index (χ0n) is 8.98. The van der Waals surface area contributed by atoms with Gasteiger partial charge in [-0.05, 0) is 31.7 Å². The third-order valence-corrected chi connectivity index (χ3v) is 3.55. The Labute approximate surface area is 85.3 Å². The van der Waals surface area contributed by atoms with Crippen molar-refractivity contribution in [1.29, 1.82) is 0 Å². The molecule has 3 nitrogen and oxygen atoms in total. The summed E-state index contributed by atoms with van der Waals surface area (Å²) < 4.78 is 2.10. The Hall–Kier alpha value is -0.830. The SMILES string of the molecule is CCn1nccc1C1CCC(N)C1C. The van der Waals surface area contributed by atoms with Crippen molar-refractivity contribution >= 4 is 0 Å². The van der Waals surface area contributed by atoms with Crippen molar-refractivity contribution in [2.75, 3.05) is 0 Å². The van der Waals surface area contributed by atoms with Gasteiger partial charge in [0, 0.05) is 30.4 Å². The number of hydrogen-bond acceptors (Lipinski definition) is 2. The molecule has 1 fully saturated rings. The van der Waals surface area contributed by atoms with Gasteiger partial charge in [0.05, 0.1) is 0 Å². The van der Waals surface area contributed by atoms with E-state index in [1.807, 2.05) is 6.20 Å². The van der Waals surface area contributed by atoms with Crippen LogP contribution in [0, 0.1) is 5.92 Å². The summed E-state index contributed by atoms with van der Waals surface area (Å²) in [5, 5.41) is 4.31. The Bertz CT molecular complexity index is 305. The molecule has 0 saturated heterocycles. The molecule has 1 aliphatic rings. The van der Waals surface area contributed by atoms with Crippen LogP contribution in [0.4, 0.5) is 0 Å². The molecule has 2 rings (SSSR count). The summed E-state index contributed by atoms with van der Waals surface area (Å²) in [5.74, 6) is 1.21. The van der Waals surface area contributed by atoms with E-state index < -0.39 is 0 Å². The zero-order valence-corrected chi connectivity index (χ0v) is 8.98. The minimum Gasteiger partial charge on any atom is -0.327 e. The molecule has 78 valence electrons. The highest BCUT2D eigenvalue weighted by atomic mass is 15.3. The Balaban J connectivity index is 2.23. The van der Waals surface area contributed by atoms with Gasteiger partial charge in [-0.1, -0.05) is 6.92 Å². The Morgan fingerprint density at radius 2 is 2.36 bits per heavy atom. The fourth-order valence-corrected chi connectivity index (χ4v) is 2.54. The topological polar surface area (TPSA) is 43.8 Å². The smallest absolute Gasteiger partial charge is 0.0492 e. The molecule has 2 N–H and O–H groups in total. The van der Waals surface area contributed by atoms with Crippen molar-refractivity contribution in [2.45, 2.75) is 45.2 Å². The predicted octanol–water partition coefficient (Wildman–Crippen LogP) is 1.74. The van der Waals surface area contributed by atoms with E-state index >= 15 is 0 Å². The summed E-state index contributed by atoms with van der Waals surface area (Å²) in [6.45, 7) is 5.35. The van der Waals surface area contributed by atoms with Crippen LogP contribution in [-0.2, 0) is 6.54 Å². The van der Waals surface area contributed by atoms with Gasteiger partial charge < -0.3 is 5.73 Å². The second-order valence-corrected chi connectivity index (χ2v) is 4.28. The van der Waals surface area contributed by atoms with Crippen LogP contribution in [0.2, 0.25) is 0 Å². The van der Waals surface area contributed by atoms with Crippen LogP contribution < -0.4 is 5.73 Å². The van der Waals surface area contributed by atoms with Crippen LogP contribution in [0.15, 0.2) is 12.3 Å². The molecule has 3 unspecified atom stereocenters. The average Bonchev–Trinajstić information content (AvgIpc) is 2.75. The van der Waals surface area contributed by atoms with E-state index in [4.69, 9.17) is 5.73 Å². The van der Waals surface area contributed by atoms with Gasteiger partial charge >= 0.3 is 0 Å². The molecule has 1 aromatic rings. The van der Waals surface area contributed by atoms with E-state index in [1.54, 1.807) is 0 Å². The first-order valence-corrected chi connectivity index (χ1v) is 5.51. The van der Waals surface area contributed by atoms with E-state index in [2.05, 4.69) is 29.7 Å². The number of nitrogens with zero attached hydrogens (tertiary/aromatic N) is 2. The van der Waals surface area contributed by atoms with Crippen LogP contribution in [-0.4, -0.2) is 15.8 Å². The third kappa shape index (κ3) is 1.46. The molecule has 1 aromatic heterocycles. The molecule has 0 bridgehead atoms. The zero-order chi connectivity index (χ0) is 10.1. The van der Waals surface area contributed by atoms with Crippen molar-refractivity contribution < 1.29 is 0 Å². The van der Waals surface area contributed by atoms with Gasteiger partial charge in [0.15, 0.2) is 0 Å². The molecular formula is C11H19N3. The molecule has 3 heteroatoms. The lowest BCUT2D eigenvalue weighted by molar-refractivity contribution is 0.450. The summed E-state index contributed by atoms with van der Waals surface area (Å²) in [7, 11) is 0. The molecule has 1 saturated carbocycles. The molecular weight excluding hydrogens is 174 g/mol. The lowest BCUT2D eigenvalue weighted by Crippen LogP contribution is -2.25. The highest BCUT2D eigenvalue weighted by molar-refractivity contribution is 5.12. The third-order valence-electron chi connectivity index (χ3n) is 3.55. The standard InChI is InChI=1S/C11H19N3/c1-3-14-11(6-7-13-14)9-4-5-10(12)8(9)2/h6-10H,3-5,12H2,1-2H3. The summed E-state index contributed by atoms with van der Waals surface area (Å²) in [6.07, 6.45) is 4.27. The molecule has 14 heavy (non-hydrogen) atoms. The molecule has 0 aromatic carbocycles. The molecule has 3 atom stereocenters. The second-order valence-electron chi connectivity index (χ2n) is 4.28. The molecule has 1 aliphatic carbocycles. The highest BCUT2D eigenvalue weighted by Crippen LogP contribution is 2.38. The summed E-state index contributed by atoms with van der Waals surface area (Å²) in [6, 6.07) is 2.52. The van der Waals surface area contributed by atoms with Crippen LogP contribution in [0.5, 0.6) is 0 Å². The minimum absolute atomic E-state index is 0.375. The number of aromatic nitrogens is 2. The predicted molar refractivity (Wildman–Crippen MR) is 57.0 cm³/mol. The van der Waals surface area contributed by atoms with Gasteiger partial charge in [-0.15, -0.1) is 0 Å². The molecule has 0 radical (unpaired) electrons. The van der Waals surface area contributed by atoms with Crippen molar-refractivity contribution in [3.05, 3.63) is 18.0 Å². The van der Waals surface area contributed by atoms with Crippen LogP contribution in [0.25, 0.3) is 0 Å². The maximum Gasteiger partial charge on any atom is 0.0492 e. The fraction of sp³-hybridized carbons (Fsp3) is 0.727. The van der Waals surface area contributed by atoms with Crippen LogP contribution >= 0.6 is 0 Å². The van der Waals surface area contributed by atoms with Gasteiger partial charge in [0.1, 0.15) is 0 Å². The van der Waals surface area contributed by atoms with Crippen molar-refractivity contribution in [3.8, 4) is 0 Å². The lowest BCUT2D eigenvalue weighted by Gasteiger charge is -2.18. The van der Waals surface area contributed by atoms with Crippen molar-refractivity contribution in [1.82, 2.24) is 9.78 Å². The number of aryl methyl sites for hydroxylation is 1. The van der Waals surface area contributed by atoms with Gasteiger partial charge in [-0.3, -0.25) is 4.68 Å². The van der Waals surface area contributed by atoms with Crippen LogP contribution in [0.1, 0.15) is 38.3 Å². The normalized spacial score (nSPS) is 32.4. The first-order chi connectivity index (χ1) is 6.74. The summed E-state index contributed by atoms with van der Waals surface area (Å²) >= 11 is 0. The fourth-order valence-electron chi connectivity index (χ4n) is 2.54. The van der Waals surface area contributed by atoms with E-state index in [1.165, 1.54) is 12.1 Å². The second kappa shape index (κ2) is 3.73. The van der Waals surface area contributed by atoms with E-state index in [0.29, 0.717) is 17.9 Å². The molecule has 0 amide bonds. The Kier molecular flexibility index (Phi) is 2.59. The molecule has 0 spiro atoms. The largest absolute Gasteiger partial charge is 0.327 e. The summed E-state index contributed by atoms with van der Waals surface area (Å²) in [5.41, 5.74) is 7.41. The lowest BCUT2D eigenvalue weighted by atomic mass is 9.93. The monoisotopic (exact) mass is 193 g/mol. The Morgan fingerprint density at radius 3 is 2.93 bits per heavy atom. The number of hydrogen-bond donors (Lipinski definition) is 1. The molecule has 0 aliphatic heterocycles. The molecule has 1 heterocycles. The van der Waals surface area contributed by atoms with E-state index in [-0.39, 0.29) is 0 Å². The minimum atomic E-state index is 0.375. The number of nitrogens with two attached hydrogens (primary N) is 1. The number of rotatable bonds is 2. The van der Waals surface area contributed by atoms with Gasteiger partial charge in [-0.2, -0.15) is 5.10 Å². The maximum atomic E-state index is 6.04. The average molecular weight is 193 g/mol. The van der Waals surface area contributed by atoms with Gasteiger partial charge in [0.25, 0.3) is 0 Å². The Morgan fingerprint density at radius 1 is 1.57 bits per heavy atom. The first-order valence-electron chi connectivity index (χ1n) is 5.51. The quantitative estimate of drug-likeness (QED) is 0.777.